The van der Waals surface area contributed by atoms with E-state index in [1.54, 1.807) is 10.9 Å². The van der Waals surface area contributed by atoms with Crippen LogP contribution in [0.25, 0.3) is 34.1 Å². The number of nitrogens with zero attached hydrogens (tertiary/aromatic N) is 7. The summed E-state index contributed by atoms with van der Waals surface area (Å²) in [6, 6.07) is 17.0. The summed E-state index contributed by atoms with van der Waals surface area (Å²) in [5.41, 5.74) is 13.1. The van der Waals surface area contributed by atoms with Gasteiger partial charge in [0.2, 0.25) is 5.91 Å². The average molecular weight is 560 g/mol. The second-order valence-corrected chi connectivity index (χ2v) is 11.1. The molecule has 1 aliphatic carbocycles. The number of pyridine rings is 2. The highest BCUT2D eigenvalue weighted by Gasteiger charge is 2.29. The van der Waals surface area contributed by atoms with Crippen molar-refractivity contribution in [2.24, 2.45) is 0 Å². The van der Waals surface area contributed by atoms with Crippen LogP contribution in [0.2, 0.25) is 0 Å². The molecule has 1 saturated heterocycles. The summed E-state index contributed by atoms with van der Waals surface area (Å²) in [4.78, 5) is 28.2. The SMILES string of the molecule is C=CC(=O)N1CCC(NC2CCc3cc(-n4c(-c5cccnc5N)nc5ccc(-n6ccc(C)n6)nc54)ccc32)CC1. The van der Waals surface area contributed by atoms with Crippen LogP contribution in [0.4, 0.5) is 5.82 Å². The Morgan fingerprint density at radius 3 is 2.71 bits per heavy atom. The summed E-state index contributed by atoms with van der Waals surface area (Å²) < 4.78 is 3.86. The van der Waals surface area contributed by atoms with Crippen molar-refractivity contribution < 1.29 is 4.79 Å². The van der Waals surface area contributed by atoms with Gasteiger partial charge in [0.05, 0.1) is 11.3 Å². The molecule has 10 nitrogen and oxygen atoms in total. The Bertz CT molecular complexity index is 1810. The predicted molar refractivity (Wildman–Crippen MR) is 162 cm³/mol. The number of rotatable bonds is 6. The highest BCUT2D eigenvalue weighted by atomic mass is 16.2. The number of carbonyl (C=O) groups is 1. The molecule has 2 aliphatic rings. The topological polar surface area (TPSA) is 120 Å². The molecule has 1 aromatic carbocycles. The van der Waals surface area contributed by atoms with E-state index >= 15 is 0 Å². The molecule has 1 amide bonds. The summed E-state index contributed by atoms with van der Waals surface area (Å²) in [6.45, 7) is 7.11. The zero-order valence-corrected chi connectivity index (χ0v) is 23.6. The number of nitrogens with two attached hydrogens (primary N) is 1. The van der Waals surface area contributed by atoms with Gasteiger partial charge >= 0.3 is 0 Å². The van der Waals surface area contributed by atoms with Gasteiger partial charge in [0.15, 0.2) is 17.3 Å². The number of fused-ring (bicyclic) bond motifs is 2. The van der Waals surface area contributed by atoms with E-state index in [9.17, 15) is 4.79 Å². The molecular formula is C32H33N9O. The van der Waals surface area contributed by atoms with Crippen molar-refractivity contribution in [1.82, 2.24) is 39.5 Å². The van der Waals surface area contributed by atoms with Crippen LogP contribution in [0.1, 0.15) is 42.1 Å². The van der Waals surface area contributed by atoms with E-state index in [1.807, 2.05) is 48.4 Å². The molecule has 212 valence electrons. The molecule has 1 unspecified atom stereocenters. The lowest BCUT2D eigenvalue weighted by atomic mass is 10.0. The maximum absolute atomic E-state index is 12.0. The van der Waals surface area contributed by atoms with Crippen molar-refractivity contribution in [3.8, 4) is 22.9 Å². The number of hydrogen-bond acceptors (Lipinski definition) is 7. The van der Waals surface area contributed by atoms with Crippen molar-refractivity contribution in [2.75, 3.05) is 18.8 Å². The lowest BCUT2D eigenvalue weighted by Crippen LogP contribution is -2.45. The second kappa shape index (κ2) is 10.5. The van der Waals surface area contributed by atoms with Crippen LogP contribution in [-0.4, -0.2) is 59.2 Å². The molecule has 10 heteroatoms. The predicted octanol–water partition coefficient (Wildman–Crippen LogP) is 4.31. The number of aryl methyl sites for hydroxylation is 2. The number of amides is 1. The highest BCUT2D eigenvalue weighted by molar-refractivity contribution is 5.87. The molecule has 3 N–H and O–H groups in total. The summed E-state index contributed by atoms with van der Waals surface area (Å²) in [5, 5.41) is 8.43. The fraction of sp³-hybridized carbons (Fsp3) is 0.281. The van der Waals surface area contributed by atoms with E-state index in [1.165, 1.54) is 17.2 Å². The summed E-state index contributed by atoms with van der Waals surface area (Å²) in [7, 11) is 0. The maximum atomic E-state index is 12.0. The highest BCUT2D eigenvalue weighted by Crippen LogP contribution is 2.36. The Hall–Kier alpha value is -4.83. The third-order valence-electron chi connectivity index (χ3n) is 8.41. The van der Waals surface area contributed by atoms with Crippen LogP contribution < -0.4 is 11.1 Å². The van der Waals surface area contributed by atoms with Crippen LogP contribution in [0, 0.1) is 6.92 Å². The molecular weight excluding hydrogens is 526 g/mol. The summed E-state index contributed by atoms with van der Waals surface area (Å²) in [6.07, 6.45) is 8.93. The second-order valence-electron chi connectivity index (χ2n) is 11.1. The lowest BCUT2D eigenvalue weighted by Gasteiger charge is -2.33. The minimum atomic E-state index is 0.0213. The standard InChI is InChI=1S/C32H33N9O/c1-3-29(42)39-16-13-22(14-17-39)35-26-9-6-21-19-23(7-8-24(21)26)41-31(25-5-4-15-34-30(25)33)36-27-10-11-28(37-32(27)41)40-18-12-20(2)38-40/h3-5,7-8,10-12,15,18-19,22,26,35H,1,6,9,13-14,16-17H2,2H3,(H2,33,34). The van der Waals surface area contributed by atoms with E-state index in [-0.39, 0.29) is 5.91 Å². The fourth-order valence-electron chi connectivity index (χ4n) is 6.25. The van der Waals surface area contributed by atoms with Crippen LogP contribution in [0.3, 0.4) is 0 Å². The maximum Gasteiger partial charge on any atom is 0.245 e. The van der Waals surface area contributed by atoms with Crippen LogP contribution >= 0.6 is 0 Å². The van der Waals surface area contributed by atoms with Gasteiger partial charge in [-0.1, -0.05) is 12.6 Å². The molecule has 5 aromatic rings. The van der Waals surface area contributed by atoms with Gasteiger partial charge in [-0.25, -0.2) is 19.6 Å². The molecule has 0 radical (unpaired) electrons. The Morgan fingerprint density at radius 1 is 1.10 bits per heavy atom. The molecule has 4 aromatic heterocycles. The number of piperidine rings is 1. The van der Waals surface area contributed by atoms with E-state index in [4.69, 9.17) is 15.7 Å². The van der Waals surface area contributed by atoms with Crippen LogP contribution in [0.15, 0.2) is 73.6 Å². The van der Waals surface area contributed by atoms with Gasteiger partial charge in [0, 0.05) is 43.3 Å². The largest absolute Gasteiger partial charge is 0.383 e. The number of imidazole rings is 1. The number of hydrogen-bond donors (Lipinski definition) is 2. The fourth-order valence-corrected chi connectivity index (χ4v) is 6.25. The zero-order chi connectivity index (χ0) is 28.8. The molecule has 1 atom stereocenters. The van der Waals surface area contributed by atoms with Gasteiger partial charge in [-0.15, -0.1) is 0 Å². The number of carbonyl (C=O) groups excluding carboxylic acids is 1. The van der Waals surface area contributed by atoms with Crippen molar-refractivity contribution in [1.29, 1.82) is 0 Å². The normalized spacial score (nSPS) is 17.1. The number of likely N-dealkylation sites (tertiary alicyclic amines) is 1. The molecule has 5 heterocycles. The van der Waals surface area contributed by atoms with Crippen molar-refractivity contribution >= 4 is 22.9 Å². The van der Waals surface area contributed by atoms with Crippen LogP contribution in [0.5, 0.6) is 0 Å². The summed E-state index contributed by atoms with van der Waals surface area (Å²) >= 11 is 0. The number of nitrogen functional groups attached to an aromatic ring is 1. The van der Waals surface area contributed by atoms with Crippen LogP contribution in [-0.2, 0) is 11.2 Å². The molecule has 0 bridgehead atoms. The first-order valence-corrected chi connectivity index (χ1v) is 14.4. The molecule has 1 fully saturated rings. The van der Waals surface area contributed by atoms with Gasteiger partial charge < -0.3 is 16.0 Å². The first kappa shape index (κ1) is 26.1. The molecule has 0 spiro atoms. The van der Waals surface area contributed by atoms with Gasteiger partial charge in [0.25, 0.3) is 0 Å². The quantitative estimate of drug-likeness (QED) is 0.298. The van der Waals surface area contributed by atoms with Crippen molar-refractivity contribution in [3.63, 3.8) is 0 Å². The van der Waals surface area contributed by atoms with E-state index < -0.39 is 0 Å². The number of aromatic nitrogens is 6. The first-order chi connectivity index (χ1) is 20.5. The third-order valence-corrected chi connectivity index (χ3v) is 8.41. The third kappa shape index (κ3) is 4.63. The molecule has 1 aliphatic heterocycles. The molecule has 42 heavy (non-hydrogen) atoms. The van der Waals surface area contributed by atoms with Gasteiger partial charge in [0.1, 0.15) is 11.3 Å². The summed E-state index contributed by atoms with van der Waals surface area (Å²) in [5.74, 6) is 1.86. The zero-order valence-electron chi connectivity index (χ0n) is 23.6. The Balaban J connectivity index is 1.24. The van der Waals surface area contributed by atoms with Crippen molar-refractivity contribution in [2.45, 2.75) is 44.7 Å². The number of anilines is 1. The average Bonchev–Trinajstić information content (AvgIpc) is 3.73. The Morgan fingerprint density at radius 2 is 1.95 bits per heavy atom. The van der Waals surface area contributed by atoms with Crippen molar-refractivity contribution in [3.05, 3.63) is 90.4 Å². The Kier molecular flexibility index (Phi) is 6.54. The molecule has 7 rings (SSSR count). The first-order valence-electron chi connectivity index (χ1n) is 14.4. The van der Waals surface area contributed by atoms with Gasteiger partial charge in [-0.05, 0) is 92.3 Å². The van der Waals surface area contributed by atoms with E-state index in [0.29, 0.717) is 29.5 Å². The van der Waals surface area contributed by atoms with E-state index in [2.05, 4.69) is 44.7 Å². The minimum absolute atomic E-state index is 0.0213. The smallest absolute Gasteiger partial charge is 0.245 e. The van der Waals surface area contributed by atoms with Gasteiger partial charge in [-0.2, -0.15) is 5.10 Å². The molecule has 0 saturated carbocycles. The Labute approximate surface area is 243 Å². The number of benzene rings is 1. The monoisotopic (exact) mass is 559 g/mol. The minimum Gasteiger partial charge on any atom is -0.383 e. The number of nitrogens with one attached hydrogen (secondary N) is 1. The van der Waals surface area contributed by atoms with Gasteiger partial charge in [-0.3, -0.25) is 9.36 Å². The lowest BCUT2D eigenvalue weighted by molar-refractivity contribution is -0.127. The van der Waals surface area contributed by atoms with E-state index in [0.717, 1.165) is 66.9 Å².